The van der Waals surface area contributed by atoms with Crippen LogP contribution in [0.15, 0.2) is 30.5 Å². The Hall–Kier alpha value is -1.28. The molecule has 62 valence electrons. The Labute approximate surface area is 71.4 Å². The van der Waals surface area contributed by atoms with Crippen molar-refractivity contribution in [3.05, 3.63) is 36.0 Å². The average molecular weight is 160 g/mol. The number of hydrogen-bond donors (Lipinski definition) is 2. The first-order valence-corrected chi connectivity index (χ1v) is 4.10. The Bertz CT molecular complexity index is 387. The third kappa shape index (κ3) is 1.01. The van der Waals surface area contributed by atoms with Crippen molar-refractivity contribution >= 4 is 10.9 Å². The van der Waals surface area contributed by atoms with Crippen molar-refractivity contribution in [2.75, 3.05) is 0 Å². The number of benzene rings is 1. The number of aromatic nitrogens is 1. The Kier molecular flexibility index (Phi) is 1.62. The third-order valence-corrected chi connectivity index (χ3v) is 2.12. The second-order valence-corrected chi connectivity index (χ2v) is 3.07. The molecule has 2 rings (SSSR count). The molecule has 0 aliphatic rings. The Morgan fingerprint density at radius 1 is 1.33 bits per heavy atom. The molecule has 2 aromatic rings. The molecule has 0 radical (unpaired) electrons. The molecule has 12 heavy (non-hydrogen) atoms. The number of H-pyrrole nitrogens is 1. The zero-order valence-corrected chi connectivity index (χ0v) is 7.04. The summed E-state index contributed by atoms with van der Waals surface area (Å²) in [7, 11) is 0. The quantitative estimate of drug-likeness (QED) is 0.659. The molecular weight excluding hydrogens is 148 g/mol. The number of nitrogens with one attached hydrogen (secondary N) is 1. The van der Waals surface area contributed by atoms with E-state index in [2.05, 4.69) is 23.2 Å². The van der Waals surface area contributed by atoms with Crippen molar-refractivity contribution in [1.29, 1.82) is 0 Å². The minimum atomic E-state index is 0.101. The number of hydrogen-bond acceptors (Lipinski definition) is 1. The molecule has 0 amide bonds. The zero-order chi connectivity index (χ0) is 8.55. The van der Waals surface area contributed by atoms with Gasteiger partial charge in [-0.05, 0) is 24.6 Å². The highest BCUT2D eigenvalue weighted by Gasteiger charge is 2.04. The summed E-state index contributed by atoms with van der Waals surface area (Å²) in [6, 6.07) is 8.32. The van der Waals surface area contributed by atoms with Gasteiger partial charge in [0.1, 0.15) is 0 Å². The molecule has 1 aromatic heterocycles. The molecule has 3 N–H and O–H groups in total. The van der Waals surface area contributed by atoms with Crippen molar-refractivity contribution in [3.8, 4) is 0 Å². The van der Waals surface area contributed by atoms with E-state index in [1.807, 2.05) is 19.2 Å². The lowest BCUT2D eigenvalue weighted by atomic mass is 10.1. The summed E-state index contributed by atoms with van der Waals surface area (Å²) in [5, 5.41) is 1.23. The van der Waals surface area contributed by atoms with Gasteiger partial charge in [-0.15, -0.1) is 0 Å². The van der Waals surface area contributed by atoms with E-state index in [4.69, 9.17) is 5.73 Å². The first kappa shape index (κ1) is 7.37. The Balaban J connectivity index is 2.73. The van der Waals surface area contributed by atoms with Gasteiger partial charge in [-0.3, -0.25) is 0 Å². The third-order valence-electron chi connectivity index (χ3n) is 2.12. The largest absolute Gasteiger partial charge is 0.361 e. The SMILES string of the molecule is CC(N)c1cccc2[nH]ccc12. The predicted molar refractivity (Wildman–Crippen MR) is 50.9 cm³/mol. The second-order valence-electron chi connectivity index (χ2n) is 3.07. The van der Waals surface area contributed by atoms with E-state index >= 15 is 0 Å². The lowest BCUT2D eigenvalue weighted by molar-refractivity contribution is 0.827. The van der Waals surface area contributed by atoms with Gasteiger partial charge in [0.15, 0.2) is 0 Å². The van der Waals surface area contributed by atoms with Gasteiger partial charge in [0.05, 0.1) is 0 Å². The van der Waals surface area contributed by atoms with Crippen LogP contribution < -0.4 is 5.73 Å². The van der Waals surface area contributed by atoms with E-state index in [1.54, 1.807) is 0 Å². The Morgan fingerprint density at radius 2 is 2.17 bits per heavy atom. The van der Waals surface area contributed by atoms with Crippen molar-refractivity contribution < 1.29 is 0 Å². The summed E-state index contributed by atoms with van der Waals surface area (Å²) in [5.41, 5.74) is 8.18. The maximum absolute atomic E-state index is 5.83. The summed E-state index contributed by atoms with van der Waals surface area (Å²) in [6.07, 6.45) is 1.94. The van der Waals surface area contributed by atoms with Gasteiger partial charge in [-0.2, -0.15) is 0 Å². The minimum Gasteiger partial charge on any atom is -0.361 e. The van der Waals surface area contributed by atoms with E-state index in [0.717, 1.165) is 5.52 Å². The maximum atomic E-state index is 5.83. The van der Waals surface area contributed by atoms with Gasteiger partial charge in [0, 0.05) is 23.1 Å². The van der Waals surface area contributed by atoms with Crippen LogP contribution in [0.3, 0.4) is 0 Å². The molecule has 0 aliphatic carbocycles. The number of fused-ring (bicyclic) bond motifs is 1. The van der Waals surface area contributed by atoms with Gasteiger partial charge in [0.25, 0.3) is 0 Å². The Morgan fingerprint density at radius 3 is 2.92 bits per heavy atom. The molecule has 2 heteroatoms. The van der Waals surface area contributed by atoms with Crippen molar-refractivity contribution in [2.45, 2.75) is 13.0 Å². The first-order chi connectivity index (χ1) is 5.79. The van der Waals surface area contributed by atoms with E-state index in [0.29, 0.717) is 0 Å². The minimum absolute atomic E-state index is 0.101. The summed E-state index contributed by atoms with van der Waals surface area (Å²) < 4.78 is 0. The number of rotatable bonds is 1. The fraction of sp³-hybridized carbons (Fsp3) is 0.200. The number of aromatic amines is 1. The van der Waals surface area contributed by atoms with Crippen LogP contribution in [0.5, 0.6) is 0 Å². The van der Waals surface area contributed by atoms with Crippen LogP contribution in [0.1, 0.15) is 18.5 Å². The average Bonchev–Trinajstić information content (AvgIpc) is 2.49. The monoisotopic (exact) mass is 160 g/mol. The van der Waals surface area contributed by atoms with Crippen LogP contribution >= 0.6 is 0 Å². The van der Waals surface area contributed by atoms with Crippen molar-refractivity contribution in [1.82, 2.24) is 4.98 Å². The van der Waals surface area contributed by atoms with Gasteiger partial charge in [-0.1, -0.05) is 12.1 Å². The molecule has 0 saturated heterocycles. The van der Waals surface area contributed by atoms with Crippen LogP contribution in [-0.2, 0) is 0 Å². The van der Waals surface area contributed by atoms with Crippen LogP contribution in [-0.4, -0.2) is 4.98 Å². The smallest absolute Gasteiger partial charge is 0.0457 e. The highest BCUT2D eigenvalue weighted by molar-refractivity contribution is 5.83. The highest BCUT2D eigenvalue weighted by atomic mass is 14.7. The van der Waals surface area contributed by atoms with E-state index in [1.165, 1.54) is 10.9 Å². The summed E-state index contributed by atoms with van der Waals surface area (Å²) in [6.45, 7) is 2.00. The van der Waals surface area contributed by atoms with E-state index in [9.17, 15) is 0 Å². The fourth-order valence-electron chi connectivity index (χ4n) is 1.51. The van der Waals surface area contributed by atoms with Crippen LogP contribution in [0.25, 0.3) is 10.9 Å². The van der Waals surface area contributed by atoms with Crippen LogP contribution in [0.4, 0.5) is 0 Å². The second kappa shape index (κ2) is 2.64. The molecule has 2 nitrogen and oxygen atoms in total. The lowest BCUT2D eigenvalue weighted by Crippen LogP contribution is -2.04. The lowest BCUT2D eigenvalue weighted by Gasteiger charge is -2.06. The summed E-state index contributed by atoms with van der Waals surface area (Å²) in [4.78, 5) is 3.16. The van der Waals surface area contributed by atoms with Crippen molar-refractivity contribution in [3.63, 3.8) is 0 Å². The molecular formula is C10H12N2. The summed E-state index contributed by atoms with van der Waals surface area (Å²) in [5.74, 6) is 0. The van der Waals surface area contributed by atoms with Crippen LogP contribution in [0, 0.1) is 0 Å². The standard InChI is InChI=1S/C10H12N2/c1-7(11)8-3-2-4-10-9(8)5-6-12-10/h2-7,12H,11H2,1H3. The molecule has 1 atom stereocenters. The van der Waals surface area contributed by atoms with Crippen molar-refractivity contribution in [2.24, 2.45) is 5.73 Å². The fourth-order valence-corrected chi connectivity index (χ4v) is 1.51. The van der Waals surface area contributed by atoms with Crippen LogP contribution in [0.2, 0.25) is 0 Å². The van der Waals surface area contributed by atoms with Gasteiger partial charge in [0.2, 0.25) is 0 Å². The molecule has 0 saturated carbocycles. The molecule has 1 heterocycles. The maximum Gasteiger partial charge on any atom is 0.0457 e. The zero-order valence-electron chi connectivity index (χ0n) is 7.04. The topological polar surface area (TPSA) is 41.8 Å². The molecule has 0 spiro atoms. The molecule has 1 unspecified atom stereocenters. The highest BCUT2D eigenvalue weighted by Crippen LogP contribution is 2.21. The first-order valence-electron chi connectivity index (χ1n) is 4.10. The van der Waals surface area contributed by atoms with Gasteiger partial charge < -0.3 is 10.7 Å². The molecule has 1 aromatic carbocycles. The normalized spacial score (nSPS) is 13.5. The summed E-state index contributed by atoms with van der Waals surface area (Å²) >= 11 is 0. The molecule has 0 bridgehead atoms. The number of nitrogens with two attached hydrogens (primary N) is 1. The van der Waals surface area contributed by atoms with E-state index in [-0.39, 0.29) is 6.04 Å². The van der Waals surface area contributed by atoms with E-state index < -0.39 is 0 Å². The van der Waals surface area contributed by atoms with Gasteiger partial charge in [-0.25, -0.2) is 0 Å². The predicted octanol–water partition coefficient (Wildman–Crippen LogP) is 2.19. The van der Waals surface area contributed by atoms with Gasteiger partial charge >= 0.3 is 0 Å². The molecule has 0 aliphatic heterocycles. The molecule has 0 fully saturated rings.